The summed E-state index contributed by atoms with van der Waals surface area (Å²) in [5, 5.41) is 4.79. The summed E-state index contributed by atoms with van der Waals surface area (Å²) in [6.45, 7) is 6.72. The molecule has 146 valence electrons. The summed E-state index contributed by atoms with van der Waals surface area (Å²) in [6.07, 6.45) is 1.94. The van der Waals surface area contributed by atoms with Crippen molar-refractivity contribution in [3.63, 3.8) is 0 Å². The zero-order valence-corrected chi connectivity index (χ0v) is 17.6. The van der Waals surface area contributed by atoms with E-state index in [1.165, 1.54) is 21.7 Å². The molecule has 0 bridgehead atoms. The van der Waals surface area contributed by atoms with Crippen LogP contribution >= 0.6 is 0 Å². The minimum atomic E-state index is 0.0140. The SMILES string of the molecule is CC(C)(C)c1cc(-c2ccc3ccccc3c2)nc(-c2cc3ccccc3cn2)c1. The normalized spacial score (nSPS) is 11.8. The van der Waals surface area contributed by atoms with Gasteiger partial charge in [0.15, 0.2) is 0 Å². The van der Waals surface area contributed by atoms with Crippen molar-refractivity contribution in [3.8, 4) is 22.6 Å². The lowest BCUT2D eigenvalue weighted by Crippen LogP contribution is -2.12. The van der Waals surface area contributed by atoms with Crippen molar-refractivity contribution in [1.82, 2.24) is 9.97 Å². The van der Waals surface area contributed by atoms with Gasteiger partial charge in [-0.2, -0.15) is 0 Å². The van der Waals surface area contributed by atoms with Crippen LogP contribution in [0.3, 0.4) is 0 Å². The maximum absolute atomic E-state index is 5.04. The molecule has 30 heavy (non-hydrogen) atoms. The molecule has 0 aliphatic carbocycles. The van der Waals surface area contributed by atoms with Gasteiger partial charge in [-0.3, -0.25) is 4.98 Å². The van der Waals surface area contributed by atoms with E-state index in [0.29, 0.717) is 0 Å². The zero-order chi connectivity index (χ0) is 20.7. The number of pyridine rings is 2. The van der Waals surface area contributed by atoms with Crippen molar-refractivity contribution < 1.29 is 0 Å². The molecule has 0 aliphatic rings. The van der Waals surface area contributed by atoms with Crippen LogP contribution in [0.4, 0.5) is 0 Å². The fraction of sp³-hybridized carbons (Fsp3) is 0.143. The second-order valence-corrected chi connectivity index (χ2v) is 8.85. The lowest BCUT2D eigenvalue weighted by Gasteiger charge is -2.21. The Balaban J connectivity index is 1.70. The standard InChI is InChI=1S/C28H24N2/c1-28(2,3)24-16-25(22-13-12-19-8-4-5-9-20(19)14-22)30-27(17-24)26-15-21-10-6-7-11-23(21)18-29-26/h4-18H,1-3H3. The van der Waals surface area contributed by atoms with Gasteiger partial charge in [-0.05, 0) is 51.4 Å². The van der Waals surface area contributed by atoms with Crippen LogP contribution in [0.25, 0.3) is 44.2 Å². The Kier molecular flexibility index (Phi) is 4.36. The average molecular weight is 389 g/mol. The van der Waals surface area contributed by atoms with Crippen LogP contribution in [-0.2, 0) is 5.41 Å². The summed E-state index contributed by atoms with van der Waals surface area (Å²) in [7, 11) is 0. The molecule has 0 spiro atoms. The van der Waals surface area contributed by atoms with Crippen molar-refractivity contribution in [2.75, 3.05) is 0 Å². The number of fused-ring (bicyclic) bond motifs is 2. The Morgan fingerprint density at radius 2 is 1.20 bits per heavy atom. The van der Waals surface area contributed by atoms with Crippen molar-refractivity contribution in [2.45, 2.75) is 26.2 Å². The zero-order valence-electron chi connectivity index (χ0n) is 17.6. The molecule has 2 heteroatoms. The number of benzene rings is 3. The minimum absolute atomic E-state index is 0.0140. The van der Waals surface area contributed by atoms with E-state index in [1.54, 1.807) is 0 Å². The molecule has 0 saturated carbocycles. The van der Waals surface area contributed by atoms with Gasteiger partial charge in [0.1, 0.15) is 0 Å². The van der Waals surface area contributed by atoms with Gasteiger partial charge in [0.05, 0.1) is 17.1 Å². The maximum Gasteiger partial charge on any atom is 0.0896 e. The van der Waals surface area contributed by atoms with E-state index in [4.69, 9.17) is 9.97 Å². The predicted octanol–water partition coefficient (Wildman–Crippen LogP) is 7.41. The fourth-order valence-corrected chi connectivity index (χ4v) is 3.81. The molecule has 5 rings (SSSR count). The molecule has 0 N–H and O–H groups in total. The lowest BCUT2D eigenvalue weighted by atomic mass is 9.86. The third-order valence-corrected chi connectivity index (χ3v) is 5.63. The van der Waals surface area contributed by atoms with Gasteiger partial charge in [-0.1, -0.05) is 81.4 Å². The van der Waals surface area contributed by atoms with Crippen LogP contribution in [-0.4, -0.2) is 9.97 Å². The Bertz CT molecular complexity index is 1280. The highest BCUT2D eigenvalue weighted by molar-refractivity contribution is 5.88. The number of rotatable bonds is 2. The summed E-state index contributed by atoms with van der Waals surface area (Å²) in [6, 6.07) is 29.8. The summed E-state index contributed by atoms with van der Waals surface area (Å²) >= 11 is 0. The quantitative estimate of drug-likeness (QED) is 0.314. The van der Waals surface area contributed by atoms with Gasteiger partial charge in [0.2, 0.25) is 0 Å². The third kappa shape index (κ3) is 3.46. The molecule has 3 aromatic carbocycles. The number of hydrogen-bond donors (Lipinski definition) is 0. The molecule has 2 aromatic heterocycles. The average Bonchev–Trinajstić information content (AvgIpc) is 2.77. The van der Waals surface area contributed by atoms with Crippen molar-refractivity contribution in [2.24, 2.45) is 0 Å². The lowest BCUT2D eigenvalue weighted by molar-refractivity contribution is 0.590. The van der Waals surface area contributed by atoms with E-state index in [2.05, 4.69) is 99.6 Å². The monoisotopic (exact) mass is 388 g/mol. The van der Waals surface area contributed by atoms with Crippen LogP contribution in [0.1, 0.15) is 26.3 Å². The molecular weight excluding hydrogens is 364 g/mol. The van der Waals surface area contributed by atoms with Gasteiger partial charge >= 0.3 is 0 Å². The van der Waals surface area contributed by atoms with Crippen molar-refractivity contribution in [3.05, 3.63) is 96.7 Å². The van der Waals surface area contributed by atoms with E-state index in [-0.39, 0.29) is 5.41 Å². The summed E-state index contributed by atoms with van der Waals surface area (Å²) in [5.74, 6) is 0. The van der Waals surface area contributed by atoms with E-state index < -0.39 is 0 Å². The first-order valence-corrected chi connectivity index (χ1v) is 10.3. The highest BCUT2D eigenvalue weighted by Crippen LogP contribution is 2.32. The molecule has 0 radical (unpaired) electrons. The van der Waals surface area contributed by atoms with Gasteiger partial charge in [-0.25, -0.2) is 4.98 Å². The molecule has 2 nitrogen and oxygen atoms in total. The molecule has 0 atom stereocenters. The van der Waals surface area contributed by atoms with E-state index in [0.717, 1.165) is 28.0 Å². The van der Waals surface area contributed by atoms with Crippen molar-refractivity contribution >= 4 is 21.5 Å². The molecule has 0 amide bonds. The first-order valence-electron chi connectivity index (χ1n) is 10.3. The van der Waals surface area contributed by atoms with Crippen molar-refractivity contribution in [1.29, 1.82) is 0 Å². The van der Waals surface area contributed by atoms with E-state index in [1.807, 2.05) is 12.3 Å². The van der Waals surface area contributed by atoms with Crippen LogP contribution in [0.5, 0.6) is 0 Å². The summed E-state index contributed by atoms with van der Waals surface area (Å²) in [5.41, 5.74) is 5.20. The largest absolute Gasteiger partial charge is 0.254 e. The minimum Gasteiger partial charge on any atom is -0.254 e. The molecule has 0 saturated heterocycles. The number of aromatic nitrogens is 2. The van der Waals surface area contributed by atoms with Crippen LogP contribution < -0.4 is 0 Å². The molecular formula is C28H24N2. The highest BCUT2D eigenvalue weighted by atomic mass is 14.8. The molecule has 0 unspecified atom stereocenters. The van der Waals surface area contributed by atoms with Crippen LogP contribution in [0.2, 0.25) is 0 Å². The Hall–Kier alpha value is -3.52. The highest BCUT2D eigenvalue weighted by Gasteiger charge is 2.18. The van der Waals surface area contributed by atoms with Gasteiger partial charge < -0.3 is 0 Å². The smallest absolute Gasteiger partial charge is 0.0896 e. The Morgan fingerprint density at radius 3 is 1.93 bits per heavy atom. The predicted molar refractivity (Wildman–Crippen MR) is 127 cm³/mol. The number of hydrogen-bond acceptors (Lipinski definition) is 2. The van der Waals surface area contributed by atoms with Gasteiger partial charge in [0, 0.05) is 17.1 Å². The second kappa shape index (κ2) is 7.07. The Labute approximate surface area is 177 Å². The van der Waals surface area contributed by atoms with Crippen LogP contribution in [0.15, 0.2) is 91.1 Å². The summed E-state index contributed by atoms with van der Waals surface area (Å²) in [4.78, 5) is 9.76. The third-order valence-electron chi connectivity index (χ3n) is 5.63. The number of nitrogens with zero attached hydrogens (tertiary/aromatic N) is 2. The summed E-state index contributed by atoms with van der Waals surface area (Å²) < 4.78 is 0. The van der Waals surface area contributed by atoms with Crippen LogP contribution in [0, 0.1) is 0 Å². The molecule has 2 heterocycles. The fourth-order valence-electron chi connectivity index (χ4n) is 3.81. The van der Waals surface area contributed by atoms with Gasteiger partial charge in [0.25, 0.3) is 0 Å². The first kappa shape index (κ1) is 18.5. The molecule has 5 aromatic rings. The topological polar surface area (TPSA) is 25.8 Å². The molecule has 0 fully saturated rings. The van der Waals surface area contributed by atoms with E-state index >= 15 is 0 Å². The van der Waals surface area contributed by atoms with E-state index in [9.17, 15) is 0 Å². The maximum atomic E-state index is 5.04. The van der Waals surface area contributed by atoms with Gasteiger partial charge in [-0.15, -0.1) is 0 Å². The molecule has 0 aliphatic heterocycles. The Morgan fingerprint density at radius 1 is 0.567 bits per heavy atom. The first-order chi connectivity index (χ1) is 14.5. The second-order valence-electron chi connectivity index (χ2n) is 8.85.